The number of hydrogen-bond acceptors (Lipinski definition) is 8. The van der Waals surface area contributed by atoms with Crippen molar-refractivity contribution in [3.63, 3.8) is 0 Å². The van der Waals surface area contributed by atoms with Crippen LogP contribution in [0.25, 0.3) is 0 Å². The molecule has 0 saturated carbocycles. The van der Waals surface area contributed by atoms with Gasteiger partial charge in [0.2, 0.25) is 0 Å². The quantitative estimate of drug-likeness (QED) is 0.408. The van der Waals surface area contributed by atoms with Gasteiger partial charge in [-0.05, 0) is 24.3 Å². The molecule has 1 rings (SSSR count). The van der Waals surface area contributed by atoms with Crippen LogP contribution in [0, 0.1) is 0 Å². The number of benzene rings is 1. The fraction of sp³-hybridized carbons (Fsp3) is 0.500. The topological polar surface area (TPSA) is 71.1 Å². The summed E-state index contributed by atoms with van der Waals surface area (Å²) in [4.78, 5) is 21.9. The number of methoxy groups -OCH3 is 2. The van der Waals surface area contributed by atoms with Gasteiger partial charge in [-0.25, -0.2) is 0 Å². The molecular formula is C16H22O6S2. The molecule has 0 radical (unpaired) electrons. The van der Waals surface area contributed by atoms with Crippen LogP contribution >= 0.6 is 23.5 Å². The van der Waals surface area contributed by atoms with Gasteiger partial charge in [-0.15, -0.1) is 23.5 Å². The van der Waals surface area contributed by atoms with Crippen LogP contribution in [0.15, 0.2) is 24.3 Å². The SMILES string of the molecule is COC(=O)CSCCOc1ccc(OCCSCC(=O)OC)cc1. The molecule has 24 heavy (non-hydrogen) atoms. The lowest BCUT2D eigenvalue weighted by molar-refractivity contribution is -0.138. The van der Waals surface area contributed by atoms with Gasteiger partial charge < -0.3 is 18.9 Å². The summed E-state index contributed by atoms with van der Waals surface area (Å²) in [5.74, 6) is 3.14. The summed E-state index contributed by atoms with van der Waals surface area (Å²) in [5, 5.41) is 0. The summed E-state index contributed by atoms with van der Waals surface area (Å²) in [6.45, 7) is 1.04. The van der Waals surface area contributed by atoms with Crippen molar-refractivity contribution in [3.8, 4) is 11.5 Å². The van der Waals surface area contributed by atoms with Crippen LogP contribution in [0.2, 0.25) is 0 Å². The molecule has 0 fully saturated rings. The van der Waals surface area contributed by atoms with Crippen molar-refractivity contribution in [2.24, 2.45) is 0 Å². The second kappa shape index (κ2) is 12.8. The number of rotatable bonds is 12. The molecule has 0 N–H and O–H groups in total. The molecular weight excluding hydrogens is 352 g/mol. The van der Waals surface area contributed by atoms with E-state index in [-0.39, 0.29) is 11.9 Å². The van der Waals surface area contributed by atoms with Gasteiger partial charge in [0, 0.05) is 11.5 Å². The van der Waals surface area contributed by atoms with Crippen LogP contribution in [0.4, 0.5) is 0 Å². The van der Waals surface area contributed by atoms with Gasteiger partial charge >= 0.3 is 11.9 Å². The first-order valence-corrected chi connectivity index (χ1v) is 9.61. The molecule has 8 heteroatoms. The van der Waals surface area contributed by atoms with Gasteiger partial charge in [-0.2, -0.15) is 0 Å². The third-order valence-corrected chi connectivity index (χ3v) is 4.50. The smallest absolute Gasteiger partial charge is 0.315 e. The van der Waals surface area contributed by atoms with Crippen LogP contribution in [-0.2, 0) is 19.1 Å². The Kier molecular flexibility index (Phi) is 11.0. The van der Waals surface area contributed by atoms with E-state index in [4.69, 9.17) is 9.47 Å². The maximum atomic E-state index is 10.9. The molecule has 0 spiro atoms. The zero-order valence-corrected chi connectivity index (χ0v) is 15.5. The van der Waals surface area contributed by atoms with E-state index in [9.17, 15) is 9.59 Å². The van der Waals surface area contributed by atoms with Crippen molar-refractivity contribution in [1.29, 1.82) is 0 Å². The molecule has 0 amide bonds. The summed E-state index contributed by atoms with van der Waals surface area (Å²) in [6, 6.07) is 7.34. The Morgan fingerprint density at radius 2 is 1.17 bits per heavy atom. The lowest BCUT2D eigenvalue weighted by Gasteiger charge is -2.08. The molecule has 0 aromatic heterocycles. The third-order valence-electron chi connectivity index (χ3n) is 2.71. The molecule has 0 heterocycles. The summed E-state index contributed by atoms with van der Waals surface area (Å²) in [6.07, 6.45) is 0. The van der Waals surface area contributed by atoms with Gasteiger partial charge in [0.05, 0.1) is 38.9 Å². The molecule has 0 atom stereocenters. The minimum Gasteiger partial charge on any atom is -0.493 e. The number of carbonyl (C=O) groups excluding carboxylic acids is 2. The summed E-state index contributed by atoms with van der Waals surface area (Å²) >= 11 is 2.94. The molecule has 6 nitrogen and oxygen atoms in total. The monoisotopic (exact) mass is 374 g/mol. The van der Waals surface area contributed by atoms with Crippen LogP contribution in [0.3, 0.4) is 0 Å². The summed E-state index contributed by atoms with van der Waals surface area (Å²) in [7, 11) is 2.75. The highest BCUT2D eigenvalue weighted by Gasteiger charge is 2.02. The molecule has 0 saturated heterocycles. The zero-order chi connectivity index (χ0) is 17.6. The van der Waals surface area contributed by atoms with Crippen molar-refractivity contribution in [3.05, 3.63) is 24.3 Å². The van der Waals surface area contributed by atoms with E-state index in [0.717, 1.165) is 11.5 Å². The molecule has 0 bridgehead atoms. The molecule has 134 valence electrons. The zero-order valence-electron chi connectivity index (χ0n) is 13.8. The van der Waals surface area contributed by atoms with Crippen molar-refractivity contribution in [2.75, 3.05) is 50.4 Å². The molecule has 0 aliphatic carbocycles. The Bertz CT molecular complexity index is 447. The minimum absolute atomic E-state index is 0.230. The second-order valence-corrected chi connectivity index (χ2v) is 6.64. The predicted molar refractivity (Wildman–Crippen MR) is 96.1 cm³/mol. The highest BCUT2D eigenvalue weighted by atomic mass is 32.2. The van der Waals surface area contributed by atoms with Crippen LogP contribution in [0.5, 0.6) is 11.5 Å². The standard InChI is InChI=1S/C16H22O6S2/c1-19-15(17)11-23-9-7-21-13-3-5-14(6-4-13)22-8-10-24-12-16(18)20-2/h3-6H,7-12H2,1-2H3. The van der Waals surface area contributed by atoms with E-state index < -0.39 is 0 Å². The number of carbonyl (C=O) groups is 2. The summed E-state index contributed by atoms with van der Waals surface area (Å²) < 4.78 is 20.3. The van der Waals surface area contributed by atoms with E-state index in [1.807, 2.05) is 24.3 Å². The minimum atomic E-state index is -0.230. The Morgan fingerprint density at radius 3 is 1.50 bits per heavy atom. The molecule has 0 aliphatic rings. The van der Waals surface area contributed by atoms with Crippen molar-refractivity contribution in [1.82, 2.24) is 0 Å². The Balaban J connectivity index is 2.12. The van der Waals surface area contributed by atoms with E-state index in [1.165, 1.54) is 37.7 Å². The Labute approximate surface area is 150 Å². The van der Waals surface area contributed by atoms with Crippen molar-refractivity contribution >= 4 is 35.5 Å². The van der Waals surface area contributed by atoms with Gasteiger partial charge in [0.25, 0.3) is 0 Å². The maximum Gasteiger partial charge on any atom is 0.315 e. The van der Waals surface area contributed by atoms with Crippen LogP contribution in [-0.4, -0.2) is 62.4 Å². The maximum absolute atomic E-state index is 10.9. The van der Waals surface area contributed by atoms with E-state index in [1.54, 1.807) is 0 Å². The number of ether oxygens (including phenoxy) is 4. The van der Waals surface area contributed by atoms with Gasteiger partial charge in [0.1, 0.15) is 11.5 Å². The van der Waals surface area contributed by atoms with E-state index in [0.29, 0.717) is 36.2 Å². The molecule has 0 unspecified atom stereocenters. The van der Waals surface area contributed by atoms with Gasteiger partial charge in [-0.3, -0.25) is 9.59 Å². The Morgan fingerprint density at radius 1 is 0.792 bits per heavy atom. The first-order valence-electron chi connectivity index (χ1n) is 7.30. The lowest BCUT2D eigenvalue weighted by Crippen LogP contribution is -2.07. The fourth-order valence-corrected chi connectivity index (χ4v) is 2.76. The van der Waals surface area contributed by atoms with Gasteiger partial charge in [0.15, 0.2) is 0 Å². The predicted octanol–water partition coefficient (Wildman–Crippen LogP) is 2.26. The average molecular weight is 374 g/mol. The molecule has 1 aromatic rings. The largest absolute Gasteiger partial charge is 0.493 e. The first kappa shape index (κ1) is 20.5. The lowest BCUT2D eigenvalue weighted by atomic mass is 10.3. The van der Waals surface area contributed by atoms with Crippen LogP contribution < -0.4 is 9.47 Å². The highest BCUT2D eigenvalue weighted by molar-refractivity contribution is 8.00. The number of thioether (sulfide) groups is 2. The number of hydrogen-bond donors (Lipinski definition) is 0. The van der Waals surface area contributed by atoms with Crippen LogP contribution in [0.1, 0.15) is 0 Å². The van der Waals surface area contributed by atoms with E-state index in [2.05, 4.69) is 9.47 Å². The fourth-order valence-electron chi connectivity index (χ4n) is 1.50. The third kappa shape index (κ3) is 9.57. The normalized spacial score (nSPS) is 10.1. The second-order valence-electron chi connectivity index (χ2n) is 4.43. The first-order chi connectivity index (χ1) is 11.7. The molecule has 1 aromatic carbocycles. The van der Waals surface area contributed by atoms with E-state index >= 15 is 0 Å². The number of esters is 2. The highest BCUT2D eigenvalue weighted by Crippen LogP contribution is 2.18. The van der Waals surface area contributed by atoms with Crippen molar-refractivity contribution in [2.45, 2.75) is 0 Å². The Hall–Kier alpha value is -1.54. The summed E-state index contributed by atoms with van der Waals surface area (Å²) in [5.41, 5.74) is 0. The van der Waals surface area contributed by atoms with Crippen molar-refractivity contribution < 1.29 is 28.5 Å². The molecule has 0 aliphatic heterocycles. The van der Waals surface area contributed by atoms with Gasteiger partial charge in [-0.1, -0.05) is 0 Å². The average Bonchev–Trinajstić information content (AvgIpc) is 2.61.